The molecule has 0 bridgehead atoms. The highest BCUT2D eigenvalue weighted by Crippen LogP contribution is 2.14. The van der Waals surface area contributed by atoms with Crippen LogP contribution in [0.25, 0.3) is 11.4 Å². The van der Waals surface area contributed by atoms with Crippen LogP contribution in [0.4, 0.5) is 0 Å². The molecule has 0 spiro atoms. The second-order valence-electron chi connectivity index (χ2n) is 5.89. The maximum absolute atomic E-state index is 12.2. The summed E-state index contributed by atoms with van der Waals surface area (Å²) in [6, 6.07) is 7.03. The molecule has 9 nitrogen and oxygen atoms in total. The molecule has 9 heteroatoms. The molecule has 25 heavy (non-hydrogen) atoms. The van der Waals surface area contributed by atoms with E-state index in [1.807, 2.05) is 13.8 Å². The lowest BCUT2D eigenvalue weighted by Crippen LogP contribution is -2.25. The molecule has 0 aliphatic rings. The molecule has 0 aliphatic heterocycles. The van der Waals surface area contributed by atoms with Crippen molar-refractivity contribution in [3.8, 4) is 11.4 Å². The maximum Gasteiger partial charge on any atom is 0.251 e. The second kappa shape index (κ2) is 7.20. The fourth-order valence-electron chi connectivity index (χ4n) is 2.16. The van der Waals surface area contributed by atoms with E-state index in [-0.39, 0.29) is 11.8 Å². The van der Waals surface area contributed by atoms with Crippen molar-refractivity contribution < 1.29 is 9.32 Å². The van der Waals surface area contributed by atoms with Crippen molar-refractivity contribution in [2.45, 2.75) is 26.2 Å². The summed E-state index contributed by atoms with van der Waals surface area (Å²) in [4.78, 5) is 17.8. The highest BCUT2D eigenvalue weighted by atomic mass is 16.5. The van der Waals surface area contributed by atoms with Crippen LogP contribution in [-0.2, 0) is 13.5 Å². The van der Waals surface area contributed by atoms with Crippen LogP contribution in [0.1, 0.15) is 41.8 Å². The molecule has 0 radical (unpaired) electrons. The molecule has 1 amide bonds. The fourth-order valence-corrected chi connectivity index (χ4v) is 2.16. The highest BCUT2D eigenvalue weighted by Gasteiger charge is 2.11. The zero-order valence-electron chi connectivity index (χ0n) is 14.3. The molecule has 1 aromatic carbocycles. The lowest BCUT2D eigenvalue weighted by Gasteiger charge is -2.04. The molecule has 2 aromatic heterocycles. The first-order valence-corrected chi connectivity index (χ1v) is 7.98. The van der Waals surface area contributed by atoms with Crippen molar-refractivity contribution in [2.75, 3.05) is 6.54 Å². The molecule has 3 rings (SSSR count). The van der Waals surface area contributed by atoms with Crippen LogP contribution >= 0.6 is 0 Å². The molecule has 0 fully saturated rings. The standard InChI is InChI=1S/C16H19N7O2/c1-10(2)14-18-13(25-21-14)8-9-17-16(24)12-6-4-11(5-7-12)15-19-22-23(3)20-15/h4-7,10H,8-9H2,1-3H3,(H,17,24). The number of hydrogen-bond acceptors (Lipinski definition) is 7. The third kappa shape index (κ3) is 4.06. The molecule has 0 unspecified atom stereocenters. The number of nitrogens with zero attached hydrogens (tertiary/aromatic N) is 6. The van der Waals surface area contributed by atoms with Crippen molar-refractivity contribution in [2.24, 2.45) is 7.05 Å². The summed E-state index contributed by atoms with van der Waals surface area (Å²) >= 11 is 0. The minimum absolute atomic E-state index is 0.165. The van der Waals surface area contributed by atoms with Crippen LogP contribution < -0.4 is 5.32 Å². The van der Waals surface area contributed by atoms with Crippen molar-refractivity contribution in [1.82, 2.24) is 35.7 Å². The van der Waals surface area contributed by atoms with Gasteiger partial charge in [-0.25, -0.2) is 0 Å². The minimum Gasteiger partial charge on any atom is -0.352 e. The van der Waals surface area contributed by atoms with Gasteiger partial charge in [0.1, 0.15) is 0 Å². The monoisotopic (exact) mass is 341 g/mol. The Bertz CT molecular complexity index is 852. The molecular formula is C16H19N7O2. The third-order valence-corrected chi connectivity index (χ3v) is 3.54. The Balaban J connectivity index is 1.54. The summed E-state index contributed by atoms with van der Waals surface area (Å²) in [5.41, 5.74) is 1.36. The zero-order valence-corrected chi connectivity index (χ0v) is 14.3. The van der Waals surface area contributed by atoms with E-state index in [1.54, 1.807) is 31.3 Å². The predicted octanol–water partition coefficient (Wildman–Crippen LogP) is 1.36. The summed E-state index contributed by atoms with van der Waals surface area (Å²) in [6.45, 7) is 4.42. The van der Waals surface area contributed by atoms with Crippen LogP contribution in [-0.4, -0.2) is 42.8 Å². The first-order valence-electron chi connectivity index (χ1n) is 7.98. The van der Waals surface area contributed by atoms with Gasteiger partial charge < -0.3 is 9.84 Å². The summed E-state index contributed by atoms with van der Waals surface area (Å²) in [6.07, 6.45) is 0.493. The van der Waals surface area contributed by atoms with Gasteiger partial charge in [0.25, 0.3) is 5.91 Å². The lowest BCUT2D eigenvalue weighted by atomic mass is 10.1. The van der Waals surface area contributed by atoms with Gasteiger partial charge in [0, 0.05) is 30.0 Å². The minimum atomic E-state index is -0.165. The number of tetrazole rings is 1. The fraction of sp³-hybridized carbons (Fsp3) is 0.375. The Morgan fingerprint density at radius 2 is 2.04 bits per heavy atom. The third-order valence-electron chi connectivity index (χ3n) is 3.54. The SMILES string of the molecule is CC(C)c1noc(CCNC(=O)c2ccc(-c3nnn(C)n3)cc2)n1. The van der Waals surface area contributed by atoms with E-state index >= 15 is 0 Å². The first kappa shape index (κ1) is 16.7. The molecule has 2 heterocycles. The summed E-state index contributed by atoms with van der Waals surface area (Å²) in [5.74, 6) is 1.77. The lowest BCUT2D eigenvalue weighted by molar-refractivity contribution is 0.0953. The normalized spacial score (nSPS) is 11.0. The number of aryl methyl sites for hydroxylation is 1. The smallest absolute Gasteiger partial charge is 0.251 e. The number of aromatic nitrogens is 6. The van der Waals surface area contributed by atoms with E-state index in [2.05, 4.69) is 30.9 Å². The number of rotatable bonds is 6. The van der Waals surface area contributed by atoms with Gasteiger partial charge in [-0.3, -0.25) is 4.79 Å². The van der Waals surface area contributed by atoms with Crippen LogP contribution in [0.2, 0.25) is 0 Å². The van der Waals surface area contributed by atoms with Crippen molar-refractivity contribution in [3.63, 3.8) is 0 Å². The van der Waals surface area contributed by atoms with E-state index in [9.17, 15) is 4.79 Å². The first-order chi connectivity index (χ1) is 12.0. The van der Waals surface area contributed by atoms with Gasteiger partial charge in [-0.2, -0.15) is 9.78 Å². The van der Waals surface area contributed by atoms with E-state index in [0.717, 1.165) is 5.56 Å². The van der Waals surface area contributed by atoms with Crippen LogP contribution in [0.5, 0.6) is 0 Å². The van der Waals surface area contributed by atoms with Gasteiger partial charge in [-0.15, -0.1) is 10.2 Å². The Labute approximate surface area is 144 Å². The van der Waals surface area contributed by atoms with Crippen molar-refractivity contribution in [1.29, 1.82) is 0 Å². The van der Waals surface area contributed by atoms with E-state index in [4.69, 9.17) is 4.52 Å². The largest absolute Gasteiger partial charge is 0.352 e. The Morgan fingerprint density at radius 3 is 2.64 bits per heavy atom. The molecule has 0 saturated heterocycles. The molecule has 1 N–H and O–H groups in total. The molecular weight excluding hydrogens is 322 g/mol. The predicted molar refractivity (Wildman–Crippen MR) is 88.7 cm³/mol. The van der Waals surface area contributed by atoms with Gasteiger partial charge in [-0.1, -0.05) is 31.1 Å². The highest BCUT2D eigenvalue weighted by molar-refractivity contribution is 5.94. The van der Waals surface area contributed by atoms with Gasteiger partial charge in [0.05, 0.1) is 7.05 Å². The number of nitrogens with one attached hydrogen (secondary N) is 1. The molecule has 3 aromatic rings. The maximum atomic E-state index is 12.2. The van der Waals surface area contributed by atoms with Crippen molar-refractivity contribution in [3.05, 3.63) is 41.5 Å². The number of hydrogen-bond donors (Lipinski definition) is 1. The van der Waals surface area contributed by atoms with Gasteiger partial charge >= 0.3 is 0 Å². The van der Waals surface area contributed by atoms with Crippen LogP contribution in [0.3, 0.4) is 0 Å². The molecule has 130 valence electrons. The Morgan fingerprint density at radius 1 is 1.28 bits per heavy atom. The Kier molecular flexibility index (Phi) is 4.82. The van der Waals surface area contributed by atoms with Gasteiger partial charge in [0.15, 0.2) is 5.82 Å². The number of carbonyl (C=O) groups is 1. The molecule has 0 saturated carbocycles. The molecule has 0 aliphatic carbocycles. The molecule has 0 atom stereocenters. The van der Waals surface area contributed by atoms with Crippen molar-refractivity contribution >= 4 is 5.91 Å². The number of amides is 1. The number of carbonyl (C=O) groups excluding carboxylic acids is 1. The average molecular weight is 341 g/mol. The van der Waals surface area contributed by atoms with E-state index in [1.165, 1.54) is 4.80 Å². The van der Waals surface area contributed by atoms with Crippen LogP contribution in [0, 0.1) is 0 Å². The second-order valence-corrected chi connectivity index (χ2v) is 5.89. The zero-order chi connectivity index (χ0) is 17.8. The summed E-state index contributed by atoms with van der Waals surface area (Å²) in [5, 5.41) is 18.6. The van der Waals surface area contributed by atoms with E-state index < -0.39 is 0 Å². The average Bonchev–Trinajstić information content (AvgIpc) is 3.24. The van der Waals surface area contributed by atoms with Gasteiger partial charge in [0.2, 0.25) is 11.7 Å². The summed E-state index contributed by atoms with van der Waals surface area (Å²) in [7, 11) is 1.70. The van der Waals surface area contributed by atoms with Gasteiger partial charge in [-0.05, 0) is 17.3 Å². The Hall–Kier alpha value is -3.10. The number of benzene rings is 1. The summed E-state index contributed by atoms with van der Waals surface area (Å²) < 4.78 is 5.15. The van der Waals surface area contributed by atoms with Crippen LogP contribution in [0.15, 0.2) is 28.8 Å². The van der Waals surface area contributed by atoms with E-state index in [0.29, 0.717) is 36.1 Å². The topological polar surface area (TPSA) is 112 Å². The quantitative estimate of drug-likeness (QED) is 0.720.